The Morgan fingerprint density at radius 1 is 1.25 bits per heavy atom. The molecule has 0 atom stereocenters. The zero-order valence-corrected chi connectivity index (χ0v) is 13.2. The Bertz CT molecular complexity index is 570. The van der Waals surface area contributed by atoms with Gasteiger partial charge in [0.05, 0.1) is 0 Å². The Hall–Kier alpha value is -1.66. The fourth-order valence-electron chi connectivity index (χ4n) is 1.80. The van der Waals surface area contributed by atoms with Gasteiger partial charge < -0.3 is 16.0 Å². The highest BCUT2D eigenvalue weighted by Crippen LogP contribution is 2.20. The van der Waals surface area contributed by atoms with Crippen molar-refractivity contribution in [1.82, 2.24) is 9.97 Å². The third kappa shape index (κ3) is 3.91. The van der Waals surface area contributed by atoms with Crippen LogP contribution in [0.2, 0.25) is 0 Å². The van der Waals surface area contributed by atoms with E-state index in [2.05, 4.69) is 31.2 Å². The van der Waals surface area contributed by atoms with Crippen molar-refractivity contribution in [3.63, 3.8) is 0 Å². The third-order valence-corrected chi connectivity index (χ3v) is 3.33. The summed E-state index contributed by atoms with van der Waals surface area (Å²) in [6, 6.07) is 9.87. The molecule has 0 unspecified atom stereocenters. The van der Waals surface area contributed by atoms with Crippen molar-refractivity contribution in [2.45, 2.75) is 6.92 Å². The molecule has 20 heavy (non-hydrogen) atoms. The average molecular weight is 336 g/mol. The molecule has 6 heteroatoms. The van der Waals surface area contributed by atoms with Crippen molar-refractivity contribution < 1.29 is 0 Å². The molecule has 0 spiro atoms. The number of benzene rings is 1. The van der Waals surface area contributed by atoms with Crippen LogP contribution in [0.1, 0.15) is 5.82 Å². The van der Waals surface area contributed by atoms with E-state index in [0.29, 0.717) is 6.54 Å². The largest absolute Gasteiger partial charge is 0.358 e. The molecule has 0 radical (unpaired) electrons. The fraction of sp³-hybridized carbons (Fsp3) is 0.286. The predicted molar refractivity (Wildman–Crippen MR) is 86.5 cm³/mol. The predicted octanol–water partition coefficient (Wildman–Crippen LogP) is 2.69. The van der Waals surface area contributed by atoms with E-state index in [1.165, 1.54) is 0 Å². The van der Waals surface area contributed by atoms with Crippen LogP contribution in [0.25, 0.3) is 0 Å². The van der Waals surface area contributed by atoms with Gasteiger partial charge in [-0.25, -0.2) is 9.97 Å². The SMILES string of the molecule is Cc1nc(Nc2ccc(Br)cc2)cc(N(C)CCN)n1. The molecule has 0 saturated carbocycles. The molecule has 0 bridgehead atoms. The van der Waals surface area contributed by atoms with Gasteiger partial charge in [0, 0.05) is 36.4 Å². The lowest BCUT2D eigenvalue weighted by molar-refractivity contribution is 0.857. The lowest BCUT2D eigenvalue weighted by atomic mass is 10.3. The maximum absolute atomic E-state index is 5.58. The highest BCUT2D eigenvalue weighted by Gasteiger charge is 2.06. The number of halogens is 1. The Labute approximate surface area is 127 Å². The molecule has 0 aliphatic rings. The normalized spacial score (nSPS) is 10.4. The first kappa shape index (κ1) is 14.7. The number of nitrogens with two attached hydrogens (primary N) is 1. The summed E-state index contributed by atoms with van der Waals surface area (Å²) in [5.74, 6) is 2.37. The van der Waals surface area contributed by atoms with Crippen LogP contribution in [0, 0.1) is 6.92 Å². The maximum Gasteiger partial charge on any atom is 0.136 e. The number of rotatable bonds is 5. The van der Waals surface area contributed by atoms with Crippen molar-refractivity contribution in [2.24, 2.45) is 5.73 Å². The highest BCUT2D eigenvalue weighted by atomic mass is 79.9. The number of hydrogen-bond donors (Lipinski definition) is 2. The van der Waals surface area contributed by atoms with Crippen molar-refractivity contribution in [3.05, 3.63) is 40.6 Å². The zero-order chi connectivity index (χ0) is 14.5. The van der Waals surface area contributed by atoms with Gasteiger partial charge in [-0.1, -0.05) is 15.9 Å². The number of nitrogens with zero attached hydrogens (tertiary/aromatic N) is 3. The molecule has 106 valence electrons. The van der Waals surface area contributed by atoms with Gasteiger partial charge in [-0.05, 0) is 31.2 Å². The Balaban J connectivity index is 2.21. The molecule has 0 saturated heterocycles. The lowest BCUT2D eigenvalue weighted by Gasteiger charge is -2.18. The standard InChI is InChI=1S/C14H18BrN5/c1-10-17-13(9-14(18-10)20(2)8-7-16)19-12-5-3-11(15)4-6-12/h3-6,9H,7-8,16H2,1-2H3,(H,17,18,19). The molecule has 2 aromatic rings. The smallest absolute Gasteiger partial charge is 0.136 e. The number of aryl methyl sites for hydroxylation is 1. The van der Waals surface area contributed by atoms with Crippen LogP contribution in [0.5, 0.6) is 0 Å². The molecule has 0 aliphatic carbocycles. The molecule has 1 heterocycles. The molecule has 0 aliphatic heterocycles. The van der Waals surface area contributed by atoms with E-state index < -0.39 is 0 Å². The van der Waals surface area contributed by atoms with E-state index in [-0.39, 0.29) is 0 Å². The Morgan fingerprint density at radius 3 is 2.60 bits per heavy atom. The van der Waals surface area contributed by atoms with E-state index in [1.54, 1.807) is 0 Å². The van der Waals surface area contributed by atoms with E-state index in [9.17, 15) is 0 Å². The number of anilines is 3. The minimum absolute atomic E-state index is 0.592. The average Bonchev–Trinajstić information content (AvgIpc) is 2.41. The number of aromatic nitrogens is 2. The molecular weight excluding hydrogens is 318 g/mol. The van der Waals surface area contributed by atoms with Crippen LogP contribution in [-0.2, 0) is 0 Å². The molecule has 2 rings (SSSR count). The van der Waals surface area contributed by atoms with Crippen LogP contribution in [-0.4, -0.2) is 30.1 Å². The molecule has 3 N–H and O–H groups in total. The summed E-state index contributed by atoms with van der Waals surface area (Å²) in [4.78, 5) is 10.8. The minimum Gasteiger partial charge on any atom is -0.358 e. The van der Waals surface area contributed by atoms with Gasteiger partial charge in [-0.2, -0.15) is 0 Å². The molecule has 0 fully saturated rings. The first-order valence-electron chi connectivity index (χ1n) is 6.38. The van der Waals surface area contributed by atoms with Gasteiger partial charge in [-0.15, -0.1) is 0 Å². The van der Waals surface area contributed by atoms with Crippen LogP contribution >= 0.6 is 15.9 Å². The van der Waals surface area contributed by atoms with Gasteiger partial charge >= 0.3 is 0 Å². The Kier molecular flexibility index (Phi) is 4.92. The van der Waals surface area contributed by atoms with Crippen LogP contribution in [0.3, 0.4) is 0 Å². The molecule has 5 nitrogen and oxygen atoms in total. The second-order valence-electron chi connectivity index (χ2n) is 4.50. The van der Waals surface area contributed by atoms with Gasteiger partial charge in [-0.3, -0.25) is 0 Å². The van der Waals surface area contributed by atoms with Gasteiger partial charge in [0.15, 0.2) is 0 Å². The van der Waals surface area contributed by atoms with E-state index >= 15 is 0 Å². The summed E-state index contributed by atoms with van der Waals surface area (Å²) >= 11 is 3.42. The first-order chi connectivity index (χ1) is 9.58. The van der Waals surface area contributed by atoms with Crippen LogP contribution in [0.15, 0.2) is 34.8 Å². The van der Waals surface area contributed by atoms with Crippen molar-refractivity contribution >= 4 is 33.3 Å². The summed E-state index contributed by atoms with van der Waals surface area (Å²) < 4.78 is 1.05. The maximum atomic E-state index is 5.58. The van der Waals surface area contributed by atoms with Crippen LogP contribution in [0.4, 0.5) is 17.3 Å². The minimum atomic E-state index is 0.592. The summed E-state index contributed by atoms with van der Waals surface area (Å²) in [5.41, 5.74) is 6.56. The van der Waals surface area contributed by atoms with Gasteiger partial charge in [0.1, 0.15) is 17.5 Å². The van der Waals surface area contributed by atoms with Gasteiger partial charge in [0.2, 0.25) is 0 Å². The molecule has 0 amide bonds. The van der Waals surface area contributed by atoms with E-state index in [4.69, 9.17) is 5.73 Å². The highest BCUT2D eigenvalue weighted by molar-refractivity contribution is 9.10. The second kappa shape index (κ2) is 6.67. The lowest BCUT2D eigenvalue weighted by Crippen LogP contribution is -2.26. The molecule has 1 aromatic carbocycles. The number of nitrogens with one attached hydrogen (secondary N) is 1. The van der Waals surface area contributed by atoms with E-state index in [0.717, 1.165) is 34.2 Å². The number of likely N-dealkylation sites (N-methyl/N-ethyl adjacent to an activating group) is 1. The summed E-state index contributed by atoms with van der Waals surface area (Å²) in [6.45, 7) is 3.23. The molecular formula is C14H18BrN5. The fourth-order valence-corrected chi connectivity index (χ4v) is 2.07. The van der Waals surface area contributed by atoms with Crippen LogP contribution < -0.4 is 16.0 Å². The topological polar surface area (TPSA) is 67.1 Å². The monoisotopic (exact) mass is 335 g/mol. The first-order valence-corrected chi connectivity index (χ1v) is 7.17. The van der Waals surface area contributed by atoms with Gasteiger partial charge in [0.25, 0.3) is 0 Å². The second-order valence-corrected chi connectivity index (χ2v) is 5.42. The van der Waals surface area contributed by atoms with E-state index in [1.807, 2.05) is 49.2 Å². The third-order valence-electron chi connectivity index (χ3n) is 2.80. The molecule has 1 aromatic heterocycles. The van der Waals surface area contributed by atoms with Crippen molar-refractivity contribution in [1.29, 1.82) is 0 Å². The van der Waals surface area contributed by atoms with Crippen molar-refractivity contribution in [2.75, 3.05) is 30.4 Å². The zero-order valence-electron chi connectivity index (χ0n) is 11.6. The van der Waals surface area contributed by atoms with Crippen molar-refractivity contribution in [3.8, 4) is 0 Å². The summed E-state index contributed by atoms with van der Waals surface area (Å²) in [5, 5.41) is 3.28. The number of hydrogen-bond acceptors (Lipinski definition) is 5. The Morgan fingerprint density at radius 2 is 1.95 bits per heavy atom. The summed E-state index contributed by atoms with van der Waals surface area (Å²) in [7, 11) is 1.97. The summed E-state index contributed by atoms with van der Waals surface area (Å²) in [6.07, 6.45) is 0. The quantitative estimate of drug-likeness (QED) is 0.879.